The molecule has 0 unspecified atom stereocenters. The standard InChI is InChI=1S/C18H15FN4O4/c19-9-4-5-13-12(6-9)18(16(25)22-17(26)23-18)8-14(27-13)15(24)21-11-3-1-2-10(20)7-11/h1-7,14H,8,20H2,(H,21,24)(H2,22,23,25,26)/t14-,18-/m0/s1. The molecule has 2 aliphatic rings. The van der Waals surface area contributed by atoms with E-state index in [0.29, 0.717) is 11.4 Å². The number of nitrogen functional groups attached to an aromatic ring is 1. The summed E-state index contributed by atoms with van der Waals surface area (Å²) in [5.41, 5.74) is 5.22. The van der Waals surface area contributed by atoms with Crippen molar-refractivity contribution < 1.29 is 23.5 Å². The van der Waals surface area contributed by atoms with Gasteiger partial charge in [-0.25, -0.2) is 9.18 Å². The van der Waals surface area contributed by atoms with E-state index in [1.807, 2.05) is 0 Å². The molecule has 2 aromatic rings. The summed E-state index contributed by atoms with van der Waals surface area (Å²) < 4.78 is 19.4. The van der Waals surface area contributed by atoms with Crippen molar-refractivity contribution in [3.63, 3.8) is 0 Å². The van der Waals surface area contributed by atoms with Crippen molar-refractivity contribution in [3.05, 3.63) is 53.8 Å². The van der Waals surface area contributed by atoms with Gasteiger partial charge in [-0.2, -0.15) is 0 Å². The molecule has 2 atom stereocenters. The molecule has 0 radical (unpaired) electrons. The SMILES string of the molecule is Nc1cccc(NC(=O)[C@@H]2C[C@]3(NC(=O)NC3=O)c3cc(F)ccc3O2)c1. The average Bonchev–Trinajstić information content (AvgIpc) is 2.89. The van der Waals surface area contributed by atoms with Gasteiger partial charge in [-0.15, -0.1) is 0 Å². The number of nitrogens with one attached hydrogen (secondary N) is 3. The molecule has 1 spiro atoms. The van der Waals surface area contributed by atoms with E-state index in [9.17, 15) is 18.8 Å². The number of benzene rings is 2. The van der Waals surface area contributed by atoms with Crippen LogP contribution < -0.4 is 26.4 Å². The Morgan fingerprint density at radius 1 is 1.26 bits per heavy atom. The maximum absolute atomic E-state index is 13.7. The fraction of sp³-hybridized carbons (Fsp3) is 0.167. The Hall–Kier alpha value is -3.62. The van der Waals surface area contributed by atoms with E-state index in [-0.39, 0.29) is 17.7 Å². The second-order valence-electron chi connectivity index (χ2n) is 6.38. The third kappa shape index (κ3) is 2.82. The van der Waals surface area contributed by atoms with Crippen LogP contribution in [0, 0.1) is 5.82 Å². The van der Waals surface area contributed by atoms with E-state index in [1.54, 1.807) is 24.3 Å². The molecule has 5 N–H and O–H groups in total. The van der Waals surface area contributed by atoms with Crippen LogP contribution in [0.1, 0.15) is 12.0 Å². The maximum Gasteiger partial charge on any atom is 0.322 e. The Labute approximate surface area is 152 Å². The molecule has 1 fully saturated rings. The fourth-order valence-electron chi connectivity index (χ4n) is 3.33. The zero-order valence-corrected chi connectivity index (χ0v) is 13.9. The lowest BCUT2D eigenvalue weighted by Crippen LogP contribution is -2.53. The first-order chi connectivity index (χ1) is 12.9. The van der Waals surface area contributed by atoms with Crippen LogP contribution in [-0.4, -0.2) is 23.9 Å². The molecular formula is C18H15FN4O4. The number of amides is 4. The van der Waals surface area contributed by atoms with Gasteiger partial charge in [0.2, 0.25) is 0 Å². The number of ether oxygens (including phenoxy) is 1. The number of hydrogen-bond donors (Lipinski definition) is 4. The van der Waals surface area contributed by atoms with Crippen molar-refractivity contribution in [3.8, 4) is 5.75 Å². The van der Waals surface area contributed by atoms with E-state index in [2.05, 4.69) is 16.0 Å². The number of urea groups is 1. The van der Waals surface area contributed by atoms with Crippen LogP contribution in [0.15, 0.2) is 42.5 Å². The Morgan fingerprint density at radius 3 is 2.78 bits per heavy atom. The molecule has 0 aliphatic carbocycles. The highest BCUT2D eigenvalue weighted by molar-refractivity contribution is 6.08. The molecule has 0 bridgehead atoms. The highest BCUT2D eigenvalue weighted by Crippen LogP contribution is 2.41. The van der Waals surface area contributed by atoms with Crippen molar-refractivity contribution in [2.75, 3.05) is 11.1 Å². The van der Waals surface area contributed by atoms with E-state index in [4.69, 9.17) is 10.5 Å². The Balaban J connectivity index is 1.69. The van der Waals surface area contributed by atoms with Crippen molar-refractivity contribution >= 4 is 29.2 Å². The van der Waals surface area contributed by atoms with Gasteiger partial charge < -0.3 is 21.1 Å². The molecule has 4 rings (SSSR count). The number of rotatable bonds is 2. The van der Waals surface area contributed by atoms with Gasteiger partial charge in [-0.1, -0.05) is 6.07 Å². The number of anilines is 2. The number of hydrogen-bond acceptors (Lipinski definition) is 5. The monoisotopic (exact) mass is 370 g/mol. The molecule has 4 amide bonds. The third-order valence-corrected chi connectivity index (χ3v) is 4.55. The summed E-state index contributed by atoms with van der Waals surface area (Å²) >= 11 is 0. The van der Waals surface area contributed by atoms with Crippen LogP contribution >= 0.6 is 0 Å². The molecule has 0 aromatic heterocycles. The lowest BCUT2D eigenvalue weighted by Gasteiger charge is -2.36. The van der Waals surface area contributed by atoms with Crippen molar-refractivity contribution in [2.24, 2.45) is 0 Å². The molecular weight excluding hydrogens is 355 g/mol. The second kappa shape index (κ2) is 5.97. The molecule has 1 saturated heterocycles. The van der Waals surface area contributed by atoms with Gasteiger partial charge in [0, 0.05) is 23.4 Å². The van der Waals surface area contributed by atoms with E-state index in [1.165, 1.54) is 6.07 Å². The number of carbonyl (C=O) groups is 3. The molecule has 2 aromatic carbocycles. The number of carbonyl (C=O) groups excluding carboxylic acids is 3. The van der Waals surface area contributed by atoms with Crippen LogP contribution in [0.5, 0.6) is 5.75 Å². The number of halogens is 1. The molecule has 8 nitrogen and oxygen atoms in total. The smallest absolute Gasteiger partial charge is 0.322 e. The molecule has 2 heterocycles. The Morgan fingerprint density at radius 2 is 2.07 bits per heavy atom. The molecule has 9 heteroatoms. The number of nitrogens with two attached hydrogens (primary N) is 1. The molecule has 0 saturated carbocycles. The molecule has 27 heavy (non-hydrogen) atoms. The average molecular weight is 370 g/mol. The minimum Gasteiger partial charge on any atom is -0.480 e. The van der Waals surface area contributed by atoms with Gasteiger partial charge in [-0.3, -0.25) is 14.9 Å². The second-order valence-corrected chi connectivity index (χ2v) is 6.38. The summed E-state index contributed by atoms with van der Waals surface area (Å²) in [7, 11) is 0. The van der Waals surface area contributed by atoms with E-state index >= 15 is 0 Å². The third-order valence-electron chi connectivity index (χ3n) is 4.55. The predicted molar refractivity (Wildman–Crippen MR) is 93.3 cm³/mol. The Kier molecular flexibility index (Phi) is 3.72. The summed E-state index contributed by atoms with van der Waals surface area (Å²) in [6.45, 7) is 0. The van der Waals surface area contributed by atoms with Crippen molar-refractivity contribution in [2.45, 2.75) is 18.1 Å². The maximum atomic E-state index is 13.7. The van der Waals surface area contributed by atoms with Gasteiger partial charge in [-0.05, 0) is 36.4 Å². The number of fused-ring (bicyclic) bond motifs is 2. The number of imide groups is 1. The quantitative estimate of drug-likeness (QED) is 0.468. The van der Waals surface area contributed by atoms with Gasteiger partial charge in [0.1, 0.15) is 11.6 Å². The van der Waals surface area contributed by atoms with Crippen molar-refractivity contribution in [1.82, 2.24) is 10.6 Å². The molecule has 138 valence electrons. The van der Waals surface area contributed by atoms with Crippen LogP contribution in [0.2, 0.25) is 0 Å². The minimum absolute atomic E-state index is 0.146. The fourth-order valence-corrected chi connectivity index (χ4v) is 3.33. The first-order valence-corrected chi connectivity index (χ1v) is 8.14. The summed E-state index contributed by atoms with van der Waals surface area (Å²) in [5, 5.41) is 7.32. The highest BCUT2D eigenvalue weighted by Gasteiger charge is 2.54. The highest BCUT2D eigenvalue weighted by atomic mass is 19.1. The summed E-state index contributed by atoms with van der Waals surface area (Å²) in [4.78, 5) is 36.9. The summed E-state index contributed by atoms with van der Waals surface area (Å²) in [6, 6.07) is 9.45. The van der Waals surface area contributed by atoms with Gasteiger partial charge in [0.15, 0.2) is 11.6 Å². The van der Waals surface area contributed by atoms with Gasteiger partial charge in [0.05, 0.1) is 0 Å². The summed E-state index contributed by atoms with van der Waals surface area (Å²) in [5.74, 6) is -1.63. The predicted octanol–water partition coefficient (Wildman–Crippen LogP) is 1.23. The normalized spacial score (nSPS) is 23.2. The lowest BCUT2D eigenvalue weighted by atomic mass is 9.81. The Bertz CT molecular complexity index is 980. The van der Waals surface area contributed by atoms with E-state index < -0.39 is 35.3 Å². The lowest BCUT2D eigenvalue weighted by molar-refractivity contribution is -0.129. The van der Waals surface area contributed by atoms with Crippen LogP contribution in [0.25, 0.3) is 0 Å². The largest absolute Gasteiger partial charge is 0.480 e. The van der Waals surface area contributed by atoms with Gasteiger partial charge >= 0.3 is 6.03 Å². The van der Waals surface area contributed by atoms with Crippen LogP contribution in [0.4, 0.5) is 20.6 Å². The summed E-state index contributed by atoms with van der Waals surface area (Å²) in [6.07, 6.45) is -1.27. The van der Waals surface area contributed by atoms with Crippen LogP contribution in [-0.2, 0) is 15.1 Å². The molecule has 2 aliphatic heterocycles. The topological polar surface area (TPSA) is 123 Å². The van der Waals surface area contributed by atoms with Crippen LogP contribution in [0.3, 0.4) is 0 Å². The van der Waals surface area contributed by atoms with Gasteiger partial charge in [0.25, 0.3) is 11.8 Å². The zero-order valence-electron chi connectivity index (χ0n) is 13.9. The zero-order chi connectivity index (χ0) is 19.2. The first kappa shape index (κ1) is 16.8. The first-order valence-electron chi connectivity index (χ1n) is 8.14. The van der Waals surface area contributed by atoms with Crippen molar-refractivity contribution in [1.29, 1.82) is 0 Å². The minimum atomic E-state index is -1.58. The van der Waals surface area contributed by atoms with E-state index in [0.717, 1.165) is 12.1 Å².